The summed E-state index contributed by atoms with van der Waals surface area (Å²) in [6.07, 6.45) is 6.69. The van der Waals surface area contributed by atoms with Gasteiger partial charge in [0.15, 0.2) is 0 Å². The molecule has 0 saturated heterocycles. The lowest BCUT2D eigenvalue weighted by atomic mass is 9.98. The van der Waals surface area contributed by atoms with Gasteiger partial charge in [0, 0.05) is 0 Å². The second-order valence-corrected chi connectivity index (χ2v) is 8.67. The normalized spacial score (nSPS) is 14.5. The van der Waals surface area contributed by atoms with Crippen LogP contribution in [0.1, 0.15) is 47.3 Å². The number of benzene rings is 1. The molecule has 0 aliphatic heterocycles. The van der Waals surface area contributed by atoms with Crippen LogP contribution in [0.2, 0.25) is 0 Å². The molecule has 0 spiro atoms. The molecule has 1 aliphatic rings. The number of aryl methyl sites for hydroxylation is 1. The van der Waals surface area contributed by atoms with Crippen molar-refractivity contribution in [2.24, 2.45) is 0 Å². The average molecular weight is 443 g/mol. The largest absolute Gasteiger partial charge is 0.497 e. The Morgan fingerprint density at radius 3 is 2.58 bits per heavy atom. The van der Waals surface area contributed by atoms with E-state index in [1.807, 2.05) is 24.3 Å². The zero-order valence-corrected chi connectivity index (χ0v) is 18.6. The number of esters is 1. The number of thiophene rings is 1. The van der Waals surface area contributed by atoms with E-state index in [0.717, 1.165) is 31.4 Å². The molecule has 0 unspecified atom stereocenters. The Morgan fingerprint density at radius 2 is 1.87 bits per heavy atom. The Kier molecular flexibility index (Phi) is 6.56. The maximum Gasteiger partial charge on any atom is 0.348 e. The van der Waals surface area contributed by atoms with Gasteiger partial charge in [-0.2, -0.15) is 0 Å². The minimum atomic E-state index is -0.346. The van der Waals surface area contributed by atoms with E-state index in [1.54, 1.807) is 14.0 Å². The Labute approximate surface area is 184 Å². The summed E-state index contributed by atoms with van der Waals surface area (Å²) in [7, 11) is 1.61. The summed E-state index contributed by atoms with van der Waals surface area (Å²) in [6, 6.07) is 7.27. The van der Waals surface area contributed by atoms with E-state index >= 15 is 0 Å². The van der Waals surface area contributed by atoms with E-state index in [-0.39, 0.29) is 17.6 Å². The van der Waals surface area contributed by atoms with Crippen LogP contribution in [0, 0.1) is 6.92 Å². The summed E-state index contributed by atoms with van der Waals surface area (Å²) < 4.78 is 18.1. The van der Waals surface area contributed by atoms with Crippen LogP contribution in [-0.2, 0) is 11.3 Å². The third-order valence-corrected chi connectivity index (χ3v) is 6.77. The number of hydrogen-bond donors (Lipinski definition) is 0. The lowest BCUT2D eigenvalue weighted by molar-refractivity contribution is 0.0216. The van der Waals surface area contributed by atoms with Gasteiger partial charge in [0.2, 0.25) is 0 Å². The van der Waals surface area contributed by atoms with Crippen molar-refractivity contribution >= 4 is 27.5 Å². The summed E-state index contributed by atoms with van der Waals surface area (Å²) in [5.74, 6) is 1.10. The van der Waals surface area contributed by atoms with Crippen LogP contribution in [0.25, 0.3) is 10.2 Å². The average Bonchev–Trinajstić information content (AvgIpc) is 3.14. The van der Waals surface area contributed by atoms with Gasteiger partial charge in [-0.3, -0.25) is 9.36 Å². The van der Waals surface area contributed by atoms with E-state index in [0.29, 0.717) is 39.6 Å². The van der Waals surface area contributed by atoms with Crippen LogP contribution in [-0.4, -0.2) is 35.3 Å². The third-order valence-electron chi connectivity index (χ3n) is 5.59. The highest BCUT2D eigenvalue weighted by Gasteiger charge is 2.24. The van der Waals surface area contributed by atoms with Crippen LogP contribution >= 0.6 is 11.3 Å². The second kappa shape index (κ2) is 9.51. The molecule has 1 fully saturated rings. The SMILES string of the molecule is COc1ccc(OCCn2cnc3sc(C(=O)OC4CCCCC4)c(C)c3c2=O)cc1. The van der Waals surface area contributed by atoms with Gasteiger partial charge in [-0.05, 0) is 62.4 Å². The summed E-state index contributed by atoms with van der Waals surface area (Å²) in [4.78, 5) is 31.1. The fourth-order valence-electron chi connectivity index (χ4n) is 3.83. The fourth-order valence-corrected chi connectivity index (χ4v) is 4.86. The molecule has 164 valence electrons. The van der Waals surface area contributed by atoms with E-state index in [2.05, 4.69) is 4.98 Å². The molecule has 1 aromatic carbocycles. The van der Waals surface area contributed by atoms with Gasteiger partial charge in [-0.1, -0.05) is 6.42 Å². The number of nitrogens with zero attached hydrogens (tertiary/aromatic N) is 2. The van der Waals surface area contributed by atoms with Crippen molar-refractivity contribution in [2.75, 3.05) is 13.7 Å². The summed E-state index contributed by atoms with van der Waals surface area (Å²) in [5.41, 5.74) is 0.470. The van der Waals surface area contributed by atoms with Crippen molar-refractivity contribution in [1.82, 2.24) is 9.55 Å². The van der Waals surface area contributed by atoms with Crippen molar-refractivity contribution in [2.45, 2.75) is 51.7 Å². The molecule has 0 amide bonds. The Hall–Kier alpha value is -2.87. The number of ether oxygens (including phenoxy) is 3. The standard InChI is InChI=1S/C23H26N2O5S/c1-15-19-21(31-20(15)23(27)30-18-6-4-3-5-7-18)24-14-25(22(19)26)12-13-29-17-10-8-16(28-2)9-11-17/h8-11,14,18H,3-7,12-13H2,1-2H3. The molecular formula is C23H26N2O5S. The van der Waals surface area contributed by atoms with Crippen LogP contribution in [0.3, 0.4) is 0 Å². The first-order valence-corrected chi connectivity index (χ1v) is 11.3. The van der Waals surface area contributed by atoms with Gasteiger partial charge in [0.1, 0.15) is 33.9 Å². The first-order valence-electron chi connectivity index (χ1n) is 10.5. The molecule has 1 saturated carbocycles. The molecule has 7 nitrogen and oxygen atoms in total. The van der Waals surface area contributed by atoms with Gasteiger partial charge in [0.25, 0.3) is 5.56 Å². The highest BCUT2D eigenvalue weighted by molar-refractivity contribution is 7.20. The van der Waals surface area contributed by atoms with E-state index in [4.69, 9.17) is 14.2 Å². The maximum absolute atomic E-state index is 13.0. The Morgan fingerprint density at radius 1 is 1.16 bits per heavy atom. The van der Waals surface area contributed by atoms with E-state index in [9.17, 15) is 9.59 Å². The molecule has 31 heavy (non-hydrogen) atoms. The van der Waals surface area contributed by atoms with Crippen molar-refractivity contribution < 1.29 is 19.0 Å². The van der Waals surface area contributed by atoms with E-state index < -0.39 is 0 Å². The number of methoxy groups -OCH3 is 1. The molecule has 0 radical (unpaired) electrons. The molecule has 3 aromatic rings. The van der Waals surface area contributed by atoms with Crippen LogP contribution in [0.15, 0.2) is 35.4 Å². The zero-order chi connectivity index (χ0) is 21.8. The third kappa shape index (κ3) is 4.74. The molecule has 2 aromatic heterocycles. The quantitative estimate of drug-likeness (QED) is 0.507. The number of carbonyl (C=O) groups is 1. The lowest BCUT2D eigenvalue weighted by Gasteiger charge is -2.21. The number of fused-ring (bicyclic) bond motifs is 1. The Bertz CT molecular complexity index is 1110. The molecule has 0 atom stereocenters. The van der Waals surface area contributed by atoms with Crippen molar-refractivity contribution in [3.63, 3.8) is 0 Å². The lowest BCUT2D eigenvalue weighted by Crippen LogP contribution is -2.23. The molecule has 0 bridgehead atoms. The number of carbonyl (C=O) groups excluding carboxylic acids is 1. The maximum atomic E-state index is 13.0. The Balaban J connectivity index is 1.46. The predicted molar refractivity (Wildman–Crippen MR) is 119 cm³/mol. The zero-order valence-electron chi connectivity index (χ0n) is 17.8. The fraction of sp³-hybridized carbons (Fsp3) is 0.435. The van der Waals surface area contributed by atoms with E-state index in [1.165, 1.54) is 28.7 Å². The second-order valence-electron chi connectivity index (χ2n) is 7.67. The van der Waals surface area contributed by atoms with Crippen molar-refractivity contribution in [3.8, 4) is 11.5 Å². The van der Waals surface area contributed by atoms with Crippen molar-refractivity contribution in [3.05, 3.63) is 51.4 Å². The molecule has 2 heterocycles. The molecule has 8 heteroatoms. The summed E-state index contributed by atoms with van der Waals surface area (Å²) in [6.45, 7) is 2.46. The van der Waals surface area contributed by atoms with Crippen LogP contribution in [0.5, 0.6) is 11.5 Å². The number of rotatable bonds is 7. The number of aromatic nitrogens is 2. The molecular weight excluding hydrogens is 416 g/mol. The number of hydrogen-bond acceptors (Lipinski definition) is 7. The topological polar surface area (TPSA) is 79.7 Å². The van der Waals surface area contributed by atoms with Gasteiger partial charge in [-0.15, -0.1) is 11.3 Å². The molecule has 0 N–H and O–H groups in total. The minimum absolute atomic E-state index is 0.0226. The predicted octanol–water partition coefficient (Wildman–Crippen LogP) is 4.34. The highest BCUT2D eigenvalue weighted by atomic mass is 32.1. The van der Waals surface area contributed by atoms with Crippen LogP contribution in [0.4, 0.5) is 0 Å². The van der Waals surface area contributed by atoms with Gasteiger partial charge >= 0.3 is 5.97 Å². The first-order chi connectivity index (χ1) is 15.1. The molecule has 4 rings (SSSR count). The van der Waals surface area contributed by atoms with Gasteiger partial charge < -0.3 is 14.2 Å². The smallest absolute Gasteiger partial charge is 0.348 e. The van der Waals surface area contributed by atoms with Gasteiger partial charge in [0.05, 0.1) is 25.4 Å². The highest BCUT2D eigenvalue weighted by Crippen LogP contribution is 2.29. The first kappa shape index (κ1) is 21.4. The van der Waals surface area contributed by atoms with Crippen molar-refractivity contribution in [1.29, 1.82) is 0 Å². The monoisotopic (exact) mass is 442 g/mol. The summed E-state index contributed by atoms with van der Waals surface area (Å²) >= 11 is 1.23. The summed E-state index contributed by atoms with van der Waals surface area (Å²) in [5, 5.41) is 0.479. The molecule has 1 aliphatic carbocycles. The minimum Gasteiger partial charge on any atom is -0.497 e. The van der Waals surface area contributed by atoms with Gasteiger partial charge in [-0.25, -0.2) is 9.78 Å². The van der Waals surface area contributed by atoms with Crippen LogP contribution < -0.4 is 15.0 Å².